The standard InChI is InChI=1S/C19H16F4N4O3S/c1-24-16(29)15(28)14(19(21,22)23)9-2-7-12-13(8-9)31-18(26-12)27-17(30)25-11-5-3-10(20)4-6-11/h2-8,14-15,28H,1H3,(H,24,29)(H2,25,26,27,30). The highest BCUT2D eigenvalue weighted by molar-refractivity contribution is 7.22. The lowest BCUT2D eigenvalue weighted by atomic mass is 9.92. The third-order valence-corrected chi connectivity index (χ3v) is 5.21. The maximum atomic E-state index is 13.5. The molecule has 2 aromatic carbocycles. The summed E-state index contributed by atoms with van der Waals surface area (Å²) in [6.07, 6.45) is -7.20. The quantitative estimate of drug-likeness (QED) is 0.438. The fourth-order valence-corrected chi connectivity index (χ4v) is 3.74. The monoisotopic (exact) mass is 456 g/mol. The lowest BCUT2D eigenvalue weighted by molar-refractivity contribution is -0.177. The van der Waals surface area contributed by atoms with Crippen molar-refractivity contribution in [1.82, 2.24) is 10.3 Å². The first-order valence-electron chi connectivity index (χ1n) is 8.79. The number of aliphatic hydroxyl groups excluding tert-OH is 1. The maximum Gasteiger partial charge on any atom is 0.398 e. The molecule has 0 radical (unpaired) electrons. The molecule has 0 saturated carbocycles. The van der Waals surface area contributed by atoms with Gasteiger partial charge in [0.15, 0.2) is 5.13 Å². The molecule has 0 saturated heterocycles. The zero-order chi connectivity index (χ0) is 22.8. The van der Waals surface area contributed by atoms with Crippen LogP contribution in [0, 0.1) is 5.82 Å². The van der Waals surface area contributed by atoms with Gasteiger partial charge in [0, 0.05) is 12.7 Å². The first kappa shape index (κ1) is 22.4. The van der Waals surface area contributed by atoms with Gasteiger partial charge in [0.05, 0.1) is 10.2 Å². The minimum Gasteiger partial charge on any atom is -0.382 e. The second-order valence-electron chi connectivity index (χ2n) is 6.41. The van der Waals surface area contributed by atoms with E-state index in [1.165, 1.54) is 36.4 Å². The van der Waals surface area contributed by atoms with E-state index in [1.807, 2.05) is 5.32 Å². The van der Waals surface area contributed by atoms with Crippen LogP contribution in [-0.4, -0.2) is 41.4 Å². The molecule has 0 bridgehead atoms. The Morgan fingerprint density at radius 1 is 1.10 bits per heavy atom. The lowest BCUT2D eigenvalue weighted by Gasteiger charge is -2.24. The third-order valence-electron chi connectivity index (χ3n) is 4.28. The number of hydrogen-bond donors (Lipinski definition) is 4. The van der Waals surface area contributed by atoms with E-state index in [0.717, 1.165) is 24.5 Å². The second-order valence-corrected chi connectivity index (χ2v) is 7.44. The molecule has 12 heteroatoms. The van der Waals surface area contributed by atoms with Gasteiger partial charge in [-0.1, -0.05) is 17.4 Å². The minimum absolute atomic E-state index is 0.113. The van der Waals surface area contributed by atoms with Crippen molar-refractivity contribution in [2.24, 2.45) is 0 Å². The number of amides is 3. The van der Waals surface area contributed by atoms with E-state index < -0.39 is 36.0 Å². The number of thiazole rings is 1. The number of nitrogens with zero attached hydrogens (tertiary/aromatic N) is 1. The maximum absolute atomic E-state index is 13.5. The van der Waals surface area contributed by atoms with Crippen LogP contribution in [0.3, 0.4) is 0 Å². The Balaban J connectivity index is 1.82. The number of nitrogens with one attached hydrogen (secondary N) is 3. The van der Waals surface area contributed by atoms with E-state index in [0.29, 0.717) is 15.9 Å². The molecule has 7 nitrogen and oxygen atoms in total. The van der Waals surface area contributed by atoms with Gasteiger partial charge in [-0.15, -0.1) is 0 Å². The Hall–Kier alpha value is -3.25. The normalized spacial score (nSPS) is 13.5. The van der Waals surface area contributed by atoms with Crippen molar-refractivity contribution >= 4 is 44.3 Å². The highest BCUT2D eigenvalue weighted by atomic mass is 32.1. The van der Waals surface area contributed by atoms with Crippen LogP contribution in [0.2, 0.25) is 0 Å². The Morgan fingerprint density at radius 2 is 1.77 bits per heavy atom. The molecule has 1 aromatic heterocycles. The molecule has 3 rings (SSSR count). The summed E-state index contributed by atoms with van der Waals surface area (Å²) in [6, 6.07) is 7.96. The van der Waals surface area contributed by atoms with Crippen molar-refractivity contribution in [3.8, 4) is 0 Å². The van der Waals surface area contributed by atoms with Gasteiger partial charge in [-0.05, 0) is 42.0 Å². The van der Waals surface area contributed by atoms with E-state index in [-0.39, 0.29) is 10.7 Å². The van der Waals surface area contributed by atoms with Crippen molar-refractivity contribution in [2.45, 2.75) is 18.2 Å². The summed E-state index contributed by atoms with van der Waals surface area (Å²) in [4.78, 5) is 27.8. The fraction of sp³-hybridized carbons (Fsp3) is 0.211. The largest absolute Gasteiger partial charge is 0.398 e. The van der Waals surface area contributed by atoms with Crippen LogP contribution in [0.25, 0.3) is 10.2 Å². The van der Waals surface area contributed by atoms with E-state index >= 15 is 0 Å². The van der Waals surface area contributed by atoms with E-state index in [2.05, 4.69) is 15.6 Å². The average Bonchev–Trinajstić information content (AvgIpc) is 3.09. The molecular weight excluding hydrogens is 440 g/mol. The molecule has 2 atom stereocenters. The van der Waals surface area contributed by atoms with Gasteiger partial charge in [-0.25, -0.2) is 14.2 Å². The number of benzene rings is 2. The SMILES string of the molecule is CNC(=O)C(O)C(c1ccc2nc(NC(=O)Nc3ccc(F)cc3)sc2c1)C(F)(F)F. The van der Waals surface area contributed by atoms with Crippen LogP contribution in [0.5, 0.6) is 0 Å². The molecule has 3 aromatic rings. The number of carbonyl (C=O) groups is 2. The molecular formula is C19H16F4N4O3S. The smallest absolute Gasteiger partial charge is 0.382 e. The summed E-state index contributed by atoms with van der Waals surface area (Å²) in [5, 5.41) is 16.9. The highest BCUT2D eigenvalue weighted by Gasteiger charge is 2.47. The molecule has 2 unspecified atom stereocenters. The van der Waals surface area contributed by atoms with Crippen LogP contribution in [-0.2, 0) is 4.79 Å². The van der Waals surface area contributed by atoms with Crippen molar-refractivity contribution in [2.75, 3.05) is 17.7 Å². The number of rotatable bonds is 5. The molecule has 1 heterocycles. The number of aromatic nitrogens is 1. The minimum atomic E-state index is -4.87. The topological polar surface area (TPSA) is 103 Å². The van der Waals surface area contributed by atoms with Gasteiger partial charge < -0.3 is 15.7 Å². The molecule has 0 spiro atoms. The Labute approximate surface area is 177 Å². The van der Waals surface area contributed by atoms with Crippen molar-refractivity contribution < 1.29 is 32.3 Å². The predicted molar refractivity (Wildman–Crippen MR) is 108 cm³/mol. The molecule has 0 aliphatic heterocycles. The van der Waals surface area contributed by atoms with Gasteiger partial charge in [0.25, 0.3) is 0 Å². The molecule has 164 valence electrons. The van der Waals surface area contributed by atoms with Gasteiger partial charge in [0.2, 0.25) is 5.91 Å². The highest BCUT2D eigenvalue weighted by Crippen LogP contribution is 2.39. The van der Waals surface area contributed by atoms with Gasteiger partial charge in [0.1, 0.15) is 17.8 Å². The fourth-order valence-electron chi connectivity index (χ4n) is 2.83. The number of urea groups is 1. The number of hydrogen-bond acceptors (Lipinski definition) is 5. The first-order chi connectivity index (χ1) is 14.6. The van der Waals surface area contributed by atoms with E-state index in [4.69, 9.17) is 0 Å². The molecule has 4 N–H and O–H groups in total. The van der Waals surface area contributed by atoms with Crippen LogP contribution in [0.4, 0.5) is 33.2 Å². The number of aliphatic hydroxyl groups is 1. The predicted octanol–water partition coefficient (Wildman–Crippen LogP) is 3.83. The zero-order valence-corrected chi connectivity index (χ0v) is 16.6. The molecule has 3 amide bonds. The van der Waals surface area contributed by atoms with Crippen molar-refractivity contribution in [3.63, 3.8) is 0 Å². The summed E-state index contributed by atoms with van der Waals surface area (Å²) >= 11 is 0.914. The number of likely N-dealkylation sites (N-methyl/N-ethyl adjacent to an activating group) is 1. The summed E-state index contributed by atoms with van der Waals surface area (Å²) < 4.78 is 53.8. The molecule has 31 heavy (non-hydrogen) atoms. The lowest BCUT2D eigenvalue weighted by Crippen LogP contribution is -2.42. The molecule has 0 aliphatic carbocycles. The van der Waals surface area contributed by atoms with E-state index in [1.54, 1.807) is 0 Å². The summed E-state index contributed by atoms with van der Waals surface area (Å²) in [5.74, 6) is -4.06. The van der Waals surface area contributed by atoms with E-state index in [9.17, 15) is 32.3 Å². The van der Waals surface area contributed by atoms with Crippen LogP contribution < -0.4 is 16.0 Å². The summed E-state index contributed by atoms with van der Waals surface area (Å²) in [6.45, 7) is 0. The Kier molecular flexibility index (Phi) is 6.41. The number of fused-ring (bicyclic) bond motifs is 1. The average molecular weight is 456 g/mol. The number of alkyl halides is 3. The van der Waals surface area contributed by atoms with Crippen molar-refractivity contribution in [1.29, 1.82) is 0 Å². The van der Waals surface area contributed by atoms with Gasteiger partial charge in [-0.2, -0.15) is 13.2 Å². The van der Waals surface area contributed by atoms with Crippen LogP contribution in [0.1, 0.15) is 11.5 Å². The number of halogens is 4. The second kappa shape index (κ2) is 8.86. The first-order valence-corrected chi connectivity index (χ1v) is 9.60. The number of anilines is 2. The summed E-state index contributed by atoms with van der Waals surface area (Å²) in [5.41, 5.74) is 0.335. The van der Waals surface area contributed by atoms with Gasteiger partial charge >= 0.3 is 12.2 Å². The molecule has 0 aliphatic rings. The third kappa shape index (κ3) is 5.27. The van der Waals surface area contributed by atoms with Gasteiger partial charge in [-0.3, -0.25) is 10.1 Å². The van der Waals surface area contributed by atoms with Crippen LogP contribution in [0.15, 0.2) is 42.5 Å². The Morgan fingerprint density at radius 3 is 2.39 bits per heavy atom. The van der Waals surface area contributed by atoms with Crippen LogP contribution >= 0.6 is 11.3 Å². The Bertz CT molecular complexity index is 1100. The zero-order valence-electron chi connectivity index (χ0n) is 15.8. The number of carbonyl (C=O) groups excluding carboxylic acids is 2. The van der Waals surface area contributed by atoms with Crippen molar-refractivity contribution in [3.05, 3.63) is 53.8 Å². The summed E-state index contributed by atoms with van der Waals surface area (Å²) in [7, 11) is 1.13. The molecule has 0 fully saturated rings.